The van der Waals surface area contributed by atoms with Crippen LogP contribution in [0.1, 0.15) is 5.69 Å². The van der Waals surface area contributed by atoms with E-state index >= 15 is 0 Å². The molecule has 0 amide bonds. The fourth-order valence-electron chi connectivity index (χ4n) is 1.74. The van der Waals surface area contributed by atoms with Gasteiger partial charge in [-0.15, -0.1) is 0 Å². The highest BCUT2D eigenvalue weighted by Crippen LogP contribution is 2.25. The molecule has 4 heteroatoms. The third-order valence-corrected chi connectivity index (χ3v) is 3.12. The molecule has 0 spiro atoms. The van der Waals surface area contributed by atoms with Crippen molar-refractivity contribution in [3.05, 3.63) is 36.0 Å². The van der Waals surface area contributed by atoms with Gasteiger partial charge in [0.2, 0.25) is 13.8 Å². The molecule has 2 nitrogen and oxygen atoms in total. The number of aryl methyl sites for hydroxylation is 1. The van der Waals surface area contributed by atoms with Gasteiger partial charge in [0.25, 0.3) is 0 Å². The molecular formula is C13H18INOSi. The summed E-state index contributed by atoms with van der Waals surface area (Å²) in [5.41, 5.74) is 2.27. The van der Waals surface area contributed by atoms with Crippen LogP contribution in [0.3, 0.4) is 0 Å². The summed E-state index contributed by atoms with van der Waals surface area (Å²) in [6.45, 7) is 8.67. The van der Waals surface area contributed by atoms with Gasteiger partial charge >= 0.3 is 0 Å². The Balaban J connectivity index is 0.00000144. The van der Waals surface area contributed by atoms with Gasteiger partial charge in [0.05, 0.1) is 5.39 Å². The van der Waals surface area contributed by atoms with Crippen LogP contribution in [0.15, 0.2) is 30.3 Å². The third kappa shape index (κ3) is 3.67. The van der Waals surface area contributed by atoms with Crippen LogP contribution >= 0.6 is 0 Å². The van der Waals surface area contributed by atoms with Crippen molar-refractivity contribution in [1.82, 2.24) is 0 Å². The van der Waals surface area contributed by atoms with Gasteiger partial charge in [-0.25, -0.2) is 4.98 Å². The highest BCUT2D eigenvalue weighted by Gasteiger charge is 2.19. The molecule has 0 unspecified atom stereocenters. The van der Waals surface area contributed by atoms with Crippen molar-refractivity contribution >= 4 is 19.2 Å². The molecule has 1 heterocycles. The zero-order valence-electron chi connectivity index (χ0n) is 10.7. The molecule has 0 fully saturated rings. The van der Waals surface area contributed by atoms with Gasteiger partial charge in [-0.1, -0.05) is 12.1 Å². The minimum atomic E-state index is -1.55. The van der Waals surface area contributed by atoms with Gasteiger partial charge in [0.1, 0.15) is 5.75 Å². The highest BCUT2D eigenvalue weighted by atomic mass is 127. The average Bonchev–Trinajstić information content (AvgIpc) is 2.14. The van der Waals surface area contributed by atoms with E-state index in [0.717, 1.165) is 22.3 Å². The minimum Gasteiger partial charge on any atom is -1.00 e. The summed E-state index contributed by atoms with van der Waals surface area (Å²) in [6.07, 6.45) is 0. The van der Waals surface area contributed by atoms with Crippen molar-refractivity contribution in [2.24, 2.45) is 0 Å². The van der Waals surface area contributed by atoms with Crippen molar-refractivity contribution in [1.29, 1.82) is 0 Å². The normalized spacial score (nSPS) is 11.1. The number of aromatic nitrogens is 1. The summed E-state index contributed by atoms with van der Waals surface area (Å²) >= 11 is 0. The van der Waals surface area contributed by atoms with Crippen molar-refractivity contribution in [2.45, 2.75) is 26.6 Å². The summed E-state index contributed by atoms with van der Waals surface area (Å²) in [5.74, 6) is 1.01. The fourth-order valence-corrected chi connectivity index (χ4v) is 2.57. The fraction of sp³-hybridized carbons (Fsp3) is 0.308. The molecule has 1 N–H and O–H groups in total. The van der Waals surface area contributed by atoms with Gasteiger partial charge in [0, 0.05) is 19.1 Å². The smallest absolute Gasteiger partial charge is 0.242 e. The van der Waals surface area contributed by atoms with Gasteiger partial charge in [-0.2, -0.15) is 0 Å². The summed E-state index contributed by atoms with van der Waals surface area (Å²) in [7, 11) is -1.55. The zero-order valence-corrected chi connectivity index (χ0v) is 13.8. The number of aromatic amines is 1. The first-order valence-corrected chi connectivity index (χ1v) is 8.97. The van der Waals surface area contributed by atoms with E-state index in [0.29, 0.717) is 0 Å². The van der Waals surface area contributed by atoms with Crippen LogP contribution in [0.4, 0.5) is 0 Å². The maximum absolute atomic E-state index is 6.11. The predicted molar refractivity (Wildman–Crippen MR) is 69.2 cm³/mol. The number of halogens is 1. The number of hydrogen-bond acceptors (Lipinski definition) is 1. The van der Waals surface area contributed by atoms with Crippen molar-refractivity contribution < 1.29 is 33.4 Å². The molecule has 0 aliphatic heterocycles. The Hall–Kier alpha value is -0.623. The number of para-hydroxylation sites is 1. The molecule has 0 saturated heterocycles. The second kappa shape index (κ2) is 5.35. The number of pyridine rings is 1. The lowest BCUT2D eigenvalue weighted by molar-refractivity contribution is -0.354. The zero-order chi connectivity index (χ0) is 11.8. The molecule has 0 bridgehead atoms. The first kappa shape index (κ1) is 14.4. The Morgan fingerprint density at radius 2 is 1.76 bits per heavy atom. The van der Waals surface area contributed by atoms with Crippen LogP contribution in [0, 0.1) is 6.92 Å². The maximum Gasteiger partial charge on any atom is 0.242 e. The number of benzene rings is 1. The lowest BCUT2D eigenvalue weighted by Crippen LogP contribution is -3.00. The van der Waals surface area contributed by atoms with Crippen molar-refractivity contribution in [2.75, 3.05) is 0 Å². The molecule has 0 aliphatic carbocycles. The Morgan fingerprint density at radius 1 is 1.12 bits per heavy atom. The van der Waals surface area contributed by atoms with Gasteiger partial charge in [-0.05, 0) is 25.7 Å². The monoisotopic (exact) mass is 359 g/mol. The SMILES string of the molecule is Cc1cc(O[Si](C)(C)C)c2ccccc2[nH+]1.[I-]. The molecule has 0 saturated carbocycles. The van der Waals surface area contributed by atoms with Crippen LogP contribution in [0.25, 0.3) is 10.9 Å². The van der Waals surface area contributed by atoms with E-state index in [4.69, 9.17) is 4.43 Å². The lowest BCUT2D eigenvalue weighted by Gasteiger charge is -2.19. The van der Waals surface area contributed by atoms with E-state index < -0.39 is 8.32 Å². The highest BCUT2D eigenvalue weighted by molar-refractivity contribution is 6.70. The molecule has 0 radical (unpaired) electrons. The van der Waals surface area contributed by atoms with E-state index in [-0.39, 0.29) is 24.0 Å². The Kier molecular flexibility index (Phi) is 4.54. The molecule has 2 rings (SSSR count). The number of nitrogens with one attached hydrogen (secondary N) is 1. The van der Waals surface area contributed by atoms with Crippen LogP contribution in [-0.4, -0.2) is 8.32 Å². The second-order valence-electron chi connectivity index (χ2n) is 5.08. The molecule has 0 atom stereocenters. The second-order valence-corrected chi connectivity index (χ2v) is 9.51. The topological polar surface area (TPSA) is 23.4 Å². The van der Waals surface area contributed by atoms with E-state index in [9.17, 15) is 0 Å². The molecule has 0 aliphatic rings. The summed E-state index contributed by atoms with van der Waals surface area (Å²) < 4.78 is 6.11. The number of rotatable bonds is 2. The maximum atomic E-state index is 6.11. The van der Waals surface area contributed by atoms with E-state index in [1.165, 1.54) is 0 Å². The predicted octanol–water partition coefficient (Wildman–Crippen LogP) is 0.180. The summed E-state index contributed by atoms with van der Waals surface area (Å²) in [6, 6.07) is 10.3. The first-order chi connectivity index (χ1) is 7.46. The average molecular weight is 359 g/mol. The number of fused-ring (bicyclic) bond motifs is 1. The first-order valence-electron chi connectivity index (χ1n) is 5.56. The Morgan fingerprint density at radius 3 is 2.41 bits per heavy atom. The van der Waals surface area contributed by atoms with E-state index in [2.05, 4.69) is 49.7 Å². The lowest BCUT2D eigenvalue weighted by atomic mass is 10.2. The largest absolute Gasteiger partial charge is 1.00 e. The van der Waals surface area contributed by atoms with Crippen LogP contribution in [0.2, 0.25) is 19.6 Å². The third-order valence-electron chi connectivity index (χ3n) is 2.29. The number of hydrogen-bond donors (Lipinski definition) is 0. The van der Waals surface area contributed by atoms with Gasteiger partial charge < -0.3 is 28.4 Å². The van der Waals surface area contributed by atoms with Crippen LogP contribution in [-0.2, 0) is 0 Å². The minimum absolute atomic E-state index is 0. The van der Waals surface area contributed by atoms with E-state index in [1.807, 2.05) is 12.1 Å². The van der Waals surface area contributed by atoms with Crippen LogP contribution in [0.5, 0.6) is 5.75 Å². The number of H-pyrrole nitrogens is 1. The van der Waals surface area contributed by atoms with Crippen molar-refractivity contribution in [3.8, 4) is 5.75 Å². The van der Waals surface area contributed by atoms with Crippen LogP contribution < -0.4 is 33.4 Å². The molecule has 92 valence electrons. The summed E-state index contributed by atoms with van der Waals surface area (Å²) in [4.78, 5) is 3.35. The summed E-state index contributed by atoms with van der Waals surface area (Å²) in [5, 5.41) is 1.16. The van der Waals surface area contributed by atoms with Gasteiger partial charge in [-0.3, -0.25) is 0 Å². The van der Waals surface area contributed by atoms with E-state index in [1.54, 1.807) is 0 Å². The Bertz CT molecular complexity index is 522. The molecule has 1 aromatic heterocycles. The molecule has 17 heavy (non-hydrogen) atoms. The van der Waals surface area contributed by atoms with Crippen molar-refractivity contribution in [3.63, 3.8) is 0 Å². The molecule has 1 aromatic carbocycles. The Labute approximate surface area is 121 Å². The molecule has 2 aromatic rings. The standard InChI is InChI=1S/C13H17NOSi.HI/c1-10-9-13(15-16(2,3)4)11-7-5-6-8-12(11)14-10;/h5-9H,1-4H3;1H. The van der Waals surface area contributed by atoms with Gasteiger partial charge in [0.15, 0.2) is 5.69 Å². The molecular weight excluding hydrogens is 341 g/mol. The quantitative estimate of drug-likeness (QED) is 0.554.